The van der Waals surface area contributed by atoms with Crippen molar-refractivity contribution in [3.05, 3.63) is 59.6 Å². The predicted molar refractivity (Wildman–Crippen MR) is 128 cm³/mol. The van der Waals surface area contributed by atoms with Gasteiger partial charge in [0.2, 0.25) is 17.6 Å². The molecule has 1 saturated carbocycles. The summed E-state index contributed by atoms with van der Waals surface area (Å²) in [7, 11) is 0. The van der Waals surface area contributed by atoms with Crippen LogP contribution in [0.15, 0.2) is 41.2 Å². The Labute approximate surface area is 209 Å². The lowest BCUT2D eigenvalue weighted by molar-refractivity contribution is -0.0925. The van der Waals surface area contributed by atoms with Gasteiger partial charge in [0.25, 0.3) is 5.91 Å². The van der Waals surface area contributed by atoms with Crippen molar-refractivity contribution in [3.8, 4) is 11.4 Å². The van der Waals surface area contributed by atoms with Crippen LogP contribution >= 0.6 is 0 Å². The van der Waals surface area contributed by atoms with Crippen molar-refractivity contribution in [2.75, 3.05) is 36.5 Å². The summed E-state index contributed by atoms with van der Waals surface area (Å²) >= 11 is 0. The molecule has 0 bridgehead atoms. The molecule has 0 unspecified atom stereocenters. The number of carbonyl (C=O) groups excluding carboxylic acids is 1. The lowest BCUT2D eigenvalue weighted by Gasteiger charge is -2.31. The smallest absolute Gasteiger partial charge is 0.274 e. The van der Waals surface area contributed by atoms with E-state index in [-0.39, 0.29) is 47.1 Å². The molecule has 0 radical (unpaired) electrons. The lowest BCUT2D eigenvalue weighted by atomic mass is 9.81. The second-order valence-electron chi connectivity index (χ2n) is 9.36. The van der Waals surface area contributed by atoms with Crippen LogP contribution in [0, 0.1) is 12.7 Å². The van der Waals surface area contributed by atoms with Crippen molar-refractivity contribution in [3.63, 3.8) is 0 Å². The number of alkyl halides is 2. The molecule has 1 aliphatic carbocycles. The van der Waals surface area contributed by atoms with Crippen molar-refractivity contribution < 1.29 is 27.2 Å². The number of hydrogen-bond donors (Lipinski definition) is 1. The molecule has 2 aliphatic rings. The number of morpholine rings is 1. The van der Waals surface area contributed by atoms with E-state index >= 15 is 0 Å². The molecule has 6 rings (SSSR count). The fourth-order valence-electron chi connectivity index (χ4n) is 4.62. The molecule has 1 N–H and O–H groups in total. The second-order valence-corrected chi connectivity index (χ2v) is 9.36. The van der Waals surface area contributed by atoms with Crippen LogP contribution in [0.25, 0.3) is 17.0 Å². The number of pyridine rings is 1. The number of nitrogens with one attached hydrogen (secondary N) is 1. The number of ether oxygens (including phenoxy) is 1. The van der Waals surface area contributed by atoms with Crippen molar-refractivity contribution in [2.45, 2.75) is 31.6 Å². The highest BCUT2D eigenvalue weighted by Crippen LogP contribution is 2.48. The van der Waals surface area contributed by atoms with E-state index in [2.05, 4.69) is 25.3 Å². The molecule has 3 aromatic heterocycles. The summed E-state index contributed by atoms with van der Waals surface area (Å²) in [6, 6.07) is 6.53. The highest BCUT2D eigenvalue weighted by molar-refractivity contribution is 6.04. The van der Waals surface area contributed by atoms with E-state index in [1.807, 2.05) is 18.3 Å². The zero-order valence-corrected chi connectivity index (χ0v) is 19.9. The maximum Gasteiger partial charge on any atom is 0.274 e. The van der Waals surface area contributed by atoms with Gasteiger partial charge in [0.1, 0.15) is 17.2 Å². The predicted octanol–water partition coefficient (Wildman–Crippen LogP) is 4.43. The van der Waals surface area contributed by atoms with Crippen molar-refractivity contribution >= 4 is 22.9 Å². The van der Waals surface area contributed by atoms with Crippen molar-refractivity contribution in [2.24, 2.45) is 0 Å². The number of nitrogens with zero attached hydrogens (tertiary/aromatic N) is 5. The Kier molecular flexibility index (Phi) is 5.63. The largest absolute Gasteiger partial charge is 0.378 e. The number of imidazole rings is 1. The van der Waals surface area contributed by atoms with Gasteiger partial charge in [0.05, 0.1) is 25.1 Å². The van der Waals surface area contributed by atoms with E-state index in [1.165, 1.54) is 25.3 Å². The molecule has 12 heteroatoms. The van der Waals surface area contributed by atoms with Crippen LogP contribution in [-0.2, 0) is 4.74 Å². The van der Waals surface area contributed by atoms with Gasteiger partial charge >= 0.3 is 0 Å². The minimum Gasteiger partial charge on any atom is -0.378 e. The molecule has 1 aliphatic heterocycles. The van der Waals surface area contributed by atoms with Crippen LogP contribution in [0.4, 0.5) is 24.5 Å². The van der Waals surface area contributed by atoms with Crippen molar-refractivity contribution in [1.29, 1.82) is 0 Å². The number of hydrogen-bond acceptors (Lipinski definition) is 7. The summed E-state index contributed by atoms with van der Waals surface area (Å²) in [6.45, 7) is 4.29. The van der Waals surface area contributed by atoms with Gasteiger partial charge in [-0.1, -0.05) is 5.16 Å². The average molecular weight is 512 g/mol. The topological polar surface area (TPSA) is 97.8 Å². The number of carbonyl (C=O) groups is 1. The van der Waals surface area contributed by atoms with Gasteiger partial charge < -0.3 is 19.5 Å². The van der Waals surface area contributed by atoms with E-state index in [9.17, 15) is 18.0 Å². The minimum atomic E-state index is -2.73. The molecule has 4 heterocycles. The maximum absolute atomic E-state index is 14.8. The Morgan fingerprint density at radius 3 is 2.73 bits per heavy atom. The Hall–Kier alpha value is -3.93. The third-order valence-electron chi connectivity index (χ3n) is 6.83. The highest BCUT2D eigenvalue weighted by Gasteiger charge is 2.48. The number of aromatic nitrogens is 4. The Morgan fingerprint density at radius 1 is 1.19 bits per heavy atom. The molecular formula is C25H23F3N6O3. The summed E-state index contributed by atoms with van der Waals surface area (Å²) in [5, 5.41) is 6.59. The van der Waals surface area contributed by atoms with Gasteiger partial charge in [-0.3, -0.25) is 9.20 Å². The van der Waals surface area contributed by atoms with E-state index < -0.39 is 23.6 Å². The summed E-state index contributed by atoms with van der Waals surface area (Å²) in [6.07, 6.45) is 2.59. The van der Waals surface area contributed by atoms with Gasteiger partial charge in [-0.25, -0.2) is 18.2 Å². The molecule has 0 atom stereocenters. The third kappa shape index (κ3) is 4.41. The van der Waals surface area contributed by atoms with Gasteiger partial charge in [0, 0.05) is 54.9 Å². The van der Waals surface area contributed by atoms with Crippen LogP contribution in [0.1, 0.15) is 40.7 Å². The van der Waals surface area contributed by atoms with Gasteiger partial charge in [-0.15, -0.1) is 0 Å². The van der Waals surface area contributed by atoms with Crippen LogP contribution in [-0.4, -0.2) is 57.7 Å². The quantitative estimate of drug-likeness (QED) is 0.422. The SMILES string of the molecule is Cc1c(F)cc(-c2noc(C3CC(F)(F)C3)n2)cc1NC(=O)c1cnc2ccc(N3CCOCC3)cn12. The zero-order chi connectivity index (χ0) is 25.7. The Bertz CT molecular complexity index is 1490. The number of halogens is 3. The van der Waals surface area contributed by atoms with E-state index in [0.717, 1.165) is 18.8 Å². The first-order valence-electron chi connectivity index (χ1n) is 11.9. The molecule has 1 aromatic carbocycles. The molecule has 192 valence electrons. The Morgan fingerprint density at radius 2 is 1.97 bits per heavy atom. The summed E-state index contributed by atoms with van der Waals surface area (Å²) in [5.41, 5.74) is 2.52. The number of fused-ring (bicyclic) bond motifs is 1. The summed E-state index contributed by atoms with van der Waals surface area (Å²) in [4.78, 5) is 23.9. The first-order valence-corrected chi connectivity index (χ1v) is 11.9. The third-order valence-corrected chi connectivity index (χ3v) is 6.83. The molecule has 9 nitrogen and oxygen atoms in total. The van der Waals surface area contributed by atoms with Gasteiger partial charge in [0.15, 0.2) is 0 Å². The summed E-state index contributed by atoms with van der Waals surface area (Å²) in [5.74, 6) is -4.16. The number of benzene rings is 1. The first kappa shape index (κ1) is 23.5. The zero-order valence-electron chi connectivity index (χ0n) is 19.9. The standard InChI is InChI=1S/C25H23F3N6O3/c1-14-18(26)8-15(22-31-24(37-32-22)16-10-25(27,28)11-16)9-19(14)30-23(35)20-12-29-21-3-2-17(13-34(20)21)33-4-6-36-7-5-33/h2-3,8-9,12-13,16H,4-7,10-11H2,1H3,(H,30,35). The van der Waals surface area contributed by atoms with Crippen molar-refractivity contribution in [1.82, 2.24) is 19.5 Å². The monoisotopic (exact) mass is 512 g/mol. The summed E-state index contributed by atoms with van der Waals surface area (Å²) < 4.78 is 53.5. The van der Waals surface area contributed by atoms with E-state index in [1.54, 1.807) is 4.40 Å². The average Bonchev–Trinajstić information content (AvgIpc) is 3.53. The van der Waals surface area contributed by atoms with Crippen LogP contribution in [0.5, 0.6) is 0 Å². The van der Waals surface area contributed by atoms with Crippen LogP contribution in [0.2, 0.25) is 0 Å². The number of rotatable bonds is 5. The Balaban J connectivity index is 1.26. The van der Waals surface area contributed by atoms with Crippen LogP contribution in [0.3, 0.4) is 0 Å². The van der Waals surface area contributed by atoms with E-state index in [0.29, 0.717) is 18.9 Å². The fraction of sp³-hybridized carbons (Fsp3) is 0.360. The fourth-order valence-corrected chi connectivity index (χ4v) is 4.62. The normalized spacial score (nSPS) is 17.7. The minimum absolute atomic E-state index is 0.0598. The molecular weight excluding hydrogens is 489 g/mol. The molecule has 37 heavy (non-hydrogen) atoms. The molecule has 1 saturated heterocycles. The molecule has 0 spiro atoms. The number of amides is 1. The first-order chi connectivity index (χ1) is 17.8. The maximum atomic E-state index is 14.8. The second kappa shape index (κ2) is 8.87. The van der Waals surface area contributed by atoms with Gasteiger partial charge in [-0.2, -0.15) is 4.98 Å². The lowest BCUT2D eigenvalue weighted by Crippen LogP contribution is -2.36. The molecule has 2 fully saturated rings. The molecule has 4 aromatic rings. The molecule has 1 amide bonds. The van der Waals surface area contributed by atoms with Gasteiger partial charge in [-0.05, 0) is 31.2 Å². The highest BCUT2D eigenvalue weighted by atomic mass is 19.3. The van der Waals surface area contributed by atoms with E-state index in [4.69, 9.17) is 9.26 Å². The number of anilines is 2. The van der Waals surface area contributed by atoms with Crippen LogP contribution < -0.4 is 10.2 Å².